The van der Waals surface area contributed by atoms with Crippen molar-refractivity contribution in [2.75, 3.05) is 24.6 Å². The van der Waals surface area contributed by atoms with Crippen LogP contribution in [0.1, 0.15) is 26.7 Å². The fraction of sp³-hybridized carbons (Fsp3) is 0.424. The van der Waals surface area contributed by atoms with Gasteiger partial charge in [0.2, 0.25) is 11.8 Å². The first-order valence-corrected chi connectivity index (χ1v) is 15.3. The number of fused-ring (bicyclic) bond motifs is 3. The molecule has 0 aliphatic carbocycles. The van der Waals surface area contributed by atoms with Gasteiger partial charge in [-0.3, -0.25) is 14.4 Å². The number of carbonyl (C=O) groups is 3. The van der Waals surface area contributed by atoms with E-state index in [1.165, 1.54) is 4.90 Å². The van der Waals surface area contributed by atoms with E-state index in [1.54, 1.807) is 14.5 Å². The van der Waals surface area contributed by atoms with Crippen molar-refractivity contribution in [1.82, 2.24) is 24.8 Å². The number of nitrogens with zero attached hydrogens (tertiary/aromatic N) is 6. The van der Waals surface area contributed by atoms with Crippen molar-refractivity contribution in [3.05, 3.63) is 78.9 Å². The second-order valence-electron chi connectivity index (χ2n) is 12.0. The molecule has 0 bridgehead atoms. The van der Waals surface area contributed by atoms with Crippen LogP contribution in [0.15, 0.2) is 78.9 Å². The molecule has 6 atom stereocenters. The number of rotatable bonds is 7. The van der Waals surface area contributed by atoms with Gasteiger partial charge in [-0.05, 0) is 37.1 Å². The van der Waals surface area contributed by atoms with Crippen LogP contribution in [0.3, 0.4) is 0 Å². The zero-order valence-electron chi connectivity index (χ0n) is 24.8. The molecule has 2 fully saturated rings. The first kappa shape index (κ1) is 28.4. The largest absolute Gasteiger partial charge is 0.394 e. The molecule has 1 unspecified atom stereocenters. The summed E-state index contributed by atoms with van der Waals surface area (Å²) in [5.41, 5.74) is -0.273. The number of para-hydroxylation sites is 2. The van der Waals surface area contributed by atoms with Gasteiger partial charge in [-0.2, -0.15) is 0 Å². The molecule has 3 amide bonds. The van der Waals surface area contributed by atoms with Crippen molar-refractivity contribution in [3.8, 4) is 0 Å². The number of hydrogen-bond acceptors (Lipinski definition) is 7. The summed E-state index contributed by atoms with van der Waals surface area (Å²) >= 11 is 0. The van der Waals surface area contributed by atoms with Gasteiger partial charge in [-0.25, -0.2) is 4.68 Å². The molecule has 11 nitrogen and oxygen atoms in total. The Hall–Kier alpha value is -4.35. The Balaban J connectivity index is 1.34. The lowest BCUT2D eigenvalue weighted by Crippen LogP contribution is -2.59. The number of carbonyl (C=O) groups excluding carboxylic acids is 3. The standard InChI is InChI=1S/C33H36N6O5/c1-3-22(20-40)39-28-31(43)36(21-38-25-15-9-8-14-24(25)34-35-38)18-11-17-33(28)27(30(39)42)26-29(41)37(23-12-6-5-7-13-23)19-10-16-32(26,4-2)44-33/h5-17,22,26-28,40H,3-4,18-21H2,1-2H3/t22-,26-,27-,28?,32+,33-/m0/s1. The summed E-state index contributed by atoms with van der Waals surface area (Å²) in [5, 5.41) is 19.0. The molecule has 1 N–H and O–H groups in total. The van der Waals surface area contributed by atoms with Crippen LogP contribution in [-0.2, 0) is 25.8 Å². The maximum absolute atomic E-state index is 14.7. The molecule has 44 heavy (non-hydrogen) atoms. The first-order chi connectivity index (χ1) is 21.4. The van der Waals surface area contributed by atoms with Crippen molar-refractivity contribution in [2.24, 2.45) is 11.8 Å². The minimum atomic E-state index is -1.41. The summed E-state index contributed by atoms with van der Waals surface area (Å²) in [6.45, 7) is 4.21. The Morgan fingerprint density at radius 2 is 1.68 bits per heavy atom. The SMILES string of the molecule is CC[C@@H](CO)N1C(=O)[C@@H]2[C@H]3C(=O)N(c4ccccc4)CC=C[C@@]3(CC)O[C@@]23C=CCN(Cn2nnc4ccccc42)C(=O)C13. The smallest absolute Gasteiger partial charge is 0.250 e. The van der Waals surface area contributed by atoms with Crippen molar-refractivity contribution >= 4 is 34.4 Å². The van der Waals surface area contributed by atoms with Crippen LogP contribution < -0.4 is 4.90 Å². The van der Waals surface area contributed by atoms with Crippen LogP contribution in [0.5, 0.6) is 0 Å². The average Bonchev–Trinajstić information content (AvgIpc) is 3.59. The third-order valence-corrected chi connectivity index (χ3v) is 9.83. The zero-order chi connectivity index (χ0) is 30.6. The Labute approximate surface area is 255 Å². The molecule has 11 heteroatoms. The molecule has 4 aliphatic heterocycles. The number of anilines is 1. The highest BCUT2D eigenvalue weighted by Crippen LogP contribution is 2.59. The predicted octanol–water partition coefficient (Wildman–Crippen LogP) is 2.52. The van der Waals surface area contributed by atoms with E-state index in [0.29, 0.717) is 24.9 Å². The molecule has 4 aliphatic rings. The van der Waals surface area contributed by atoms with Crippen molar-refractivity contribution in [3.63, 3.8) is 0 Å². The Morgan fingerprint density at radius 1 is 0.932 bits per heavy atom. The third-order valence-electron chi connectivity index (χ3n) is 9.83. The molecule has 228 valence electrons. The van der Waals surface area contributed by atoms with Gasteiger partial charge in [0.25, 0.3) is 5.91 Å². The number of likely N-dealkylation sites (tertiary alicyclic amines) is 1. The molecule has 0 saturated carbocycles. The molecular formula is C33H36N6O5. The van der Waals surface area contributed by atoms with Gasteiger partial charge in [-0.1, -0.05) is 73.7 Å². The molecule has 5 heterocycles. The summed E-state index contributed by atoms with van der Waals surface area (Å²) in [6.07, 6.45) is 8.41. The highest BCUT2D eigenvalue weighted by atomic mass is 16.5. The van der Waals surface area contributed by atoms with Gasteiger partial charge in [0.05, 0.1) is 35.6 Å². The lowest BCUT2D eigenvalue weighted by Gasteiger charge is -2.40. The van der Waals surface area contributed by atoms with E-state index in [1.807, 2.05) is 92.7 Å². The number of benzene rings is 2. The van der Waals surface area contributed by atoms with Crippen LogP contribution in [-0.4, -0.2) is 90.6 Å². The Bertz CT molecular complexity index is 1670. The summed E-state index contributed by atoms with van der Waals surface area (Å²) < 4.78 is 8.71. The van der Waals surface area contributed by atoms with Gasteiger partial charge < -0.3 is 24.5 Å². The molecule has 1 aromatic heterocycles. The fourth-order valence-corrected chi connectivity index (χ4v) is 7.70. The zero-order valence-corrected chi connectivity index (χ0v) is 24.8. The van der Waals surface area contributed by atoms with E-state index in [9.17, 15) is 19.5 Å². The lowest BCUT2D eigenvalue weighted by atomic mass is 9.73. The number of hydrogen-bond donors (Lipinski definition) is 1. The van der Waals surface area contributed by atoms with E-state index >= 15 is 0 Å². The van der Waals surface area contributed by atoms with Crippen LogP contribution in [0.2, 0.25) is 0 Å². The molecule has 3 aromatic rings. The normalized spacial score (nSPS) is 30.4. The van der Waals surface area contributed by atoms with Gasteiger partial charge in [0, 0.05) is 18.8 Å². The minimum Gasteiger partial charge on any atom is -0.394 e. The topological polar surface area (TPSA) is 121 Å². The highest BCUT2D eigenvalue weighted by Gasteiger charge is 2.75. The number of aliphatic hydroxyl groups excluding tert-OH is 1. The summed E-state index contributed by atoms with van der Waals surface area (Å²) in [7, 11) is 0. The second kappa shape index (κ2) is 10.7. The predicted molar refractivity (Wildman–Crippen MR) is 162 cm³/mol. The van der Waals surface area contributed by atoms with E-state index in [-0.39, 0.29) is 37.5 Å². The van der Waals surface area contributed by atoms with Crippen molar-refractivity contribution in [2.45, 2.75) is 56.6 Å². The maximum atomic E-state index is 14.7. The molecule has 0 radical (unpaired) electrons. The van der Waals surface area contributed by atoms with Gasteiger partial charge in [-0.15, -0.1) is 5.10 Å². The summed E-state index contributed by atoms with van der Waals surface area (Å²) in [6, 6.07) is 15.2. The van der Waals surface area contributed by atoms with Crippen LogP contribution in [0, 0.1) is 11.8 Å². The lowest BCUT2D eigenvalue weighted by molar-refractivity contribution is -0.156. The summed E-state index contributed by atoms with van der Waals surface area (Å²) in [4.78, 5) is 48.8. The highest BCUT2D eigenvalue weighted by molar-refractivity contribution is 6.04. The molecule has 7 rings (SSSR count). The Kier molecular flexibility index (Phi) is 6.89. The van der Waals surface area contributed by atoms with E-state index in [4.69, 9.17) is 4.74 Å². The summed E-state index contributed by atoms with van der Waals surface area (Å²) in [5.74, 6) is -2.71. The van der Waals surface area contributed by atoms with Crippen LogP contribution in [0.25, 0.3) is 11.0 Å². The maximum Gasteiger partial charge on any atom is 0.250 e. The average molecular weight is 597 g/mol. The quantitative estimate of drug-likeness (QED) is 0.416. The first-order valence-electron chi connectivity index (χ1n) is 15.3. The van der Waals surface area contributed by atoms with E-state index in [0.717, 1.165) is 11.2 Å². The molecule has 1 spiro atoms. The Morgan fingerprint density at radius 3 is 2.43 bits per heavy atom. The minimum absolute atomic E-state index is 0.113. The van der Waals surface area contributed by atoms with Crippen LogP contribution >= 0.6 is 0 Å². The molecular weight excluding hydrogens is 560 g/mol. The number of ether oxygens (including phenoxy) is 1. The van der Waals surface area contributed by atoms with E-state index in [2.05, 4.69) is 10.3 Å². The number of aromatic nitrogens is 3. The van der Waals surface area contributed by atoms with Crippen LogP contribution in [0.4, 0.5) is 5.69 Å². The van der Waals surface area contributed by atoms with Gasteiger partial charge >= 0.3 is 0 Å². The van der Waals surface area contributed by atoms with Crippen molar-refractivity contribution < 1.29 is 24.2 Å². The third kappa shape index (κ3) is 3.99. The van der Waals surface area contributed by atoms with Gasteiger partial charge in [0.1, 0.15) is 23.8 Å². The molecule has 2 aromatic carbocycles. The second-order valence-corrected chi connectivity index (χ2v) is 12.0. The molecule has 2 saturated heterocycles. The monoisotopic (exact) mass is 596 g/mol. The fourth-order valence-electron chi connectivity index (χ4n) is 7.70. The van der Waals surface area contributed by atoms with Crippen molar-refractivity contribution in [1.29, 1.82) is 0 Å². The van der Waals surface area contributed by atoms with Gasteiger partial charge in [0.15, 0.2) is 0 Å². The number of amides is 3. The van der Waals surface area contributed by atoms with E-state index < -0.39 is 35.1 Å². The number of aliphatic hydroxyl groups is 1.